The van der Waals surface area contributed by atoms with Crippen LogP contribution in [0.4, 0.5) is 5.69 Å². The lowest BCUT2D eigenvalue weighted by molar-refractivity contribution is -0.135. The van der Waals surface area contributed by atoms with Crippen molar-refractivity contribution in [2.45, 2.75) is 0 Å². The molecule has 1 aliphatic rings. The molecule has 88 valence electrons. The Balaban J connectivity index is 2.34. The summed E-state index contributed by atoms with van der Waals surface area (Å²) in [4.78, 5) is 15.8. The Bertz CT molecular complexity index is 494. The van der Waals surface area contributed by atoms with Crippen LogP contribution in [0.15, 0.2) is 46.7 Å². The summed E-state index contributed by atoms with van der Waals surface area (Å²) >= 11 is 1.32. The van der Waals surface area contributed by atoms with Crippen molar-refractivity contribution < 1.29 is 14.6 Å². The SMILES string of the molecule is COC(=O)C1=C(O)CSC1=Nc1ccccc1. The Morgan fingerprint density at radius 1 is 1.41 bits per heavy atom. The van der Waals surface area contributed by atoms with E-state index >= 15 is 0 Å². The molecule has 0 aliphatic carbocycles. The first-order valence-corrected chi connectivity index (χ1v) is 5.98. The summed E-state index contributed by atoms with van der Waals surface area (Å²) in [7, 11) is 1.28. The summed E-state index contributed by atoms with van der Waals surface area (Å²) in [6.07, 6.45) is 0. The summed E-state index contributed by atoms with van der Waals surface area (Å²) < 4.78 is 4.62. The fraction of sp³-hybridized carbons (Fsp3) is 0.167. The number of methoxy groups -OCH3 is 1. The maximum Gasteiger partial charge on any atom is 0.344 e. The van der Waals surface area contributed by atoms with E-state index in [2.05, 4.69) is 9.73 Å². The van der Waals surface area contributed by atoms with Gasteiger partial charge in [0.05, 0.1) is 18.6 Å². The Labute approximate surface area is 103 Å². The Morgan fingerprint density at radius 2 is 2.12 bits per heavy atom. The van der Waals surface area contributed by atoms with Crippen molar-refractivity contribution in [1.82, 2.24) is 0 Å². The molecule has 0 fully saturated rings. The molecule has 5 heteroatoms. The number of thioether (sulfide) groups is 1. The number of hydrogen-bond acceptors (Lipinski definition) is 5. The van der Waals surface area contributed by atoms with Crippen LogP contribution in [0.2, 0.25) is 0 Å². The van der Waals surface area contributed by atoms with Crippen LogP contribution in [-0.4, -0.2) is 29.0 Å². The van der Waals surface area contributed by atoms with Crippen LogP contribution in [0.3, 0.4) is 0 Å². The zero-order chi connectivity index (χ0) is 12.3. The van der Waals surface area contributed by atoms with Gasteiger partial charge >= 0.3 is 5.97 Å². The molecule has 1 heterocycles. The van der Waals surface area contributed by atoms with Crippen LogP contribution >= 0.6 is 11.8 Å². The highest BCUT2D eigenvalue weighted by molar-refractivity contribution is 8.15. The van der Waals surface area contributed by atoms with Gasteiger partial charge in [0.2, 0.25) is 0 Å². The number of esters is 1. The fourth-order valence-corrected chi connectivity index (χ4v) is 2.35. The number of carbonyl (C=O) groups excluding carboxylic acids is 1. The third kappa shape index (κ3) is 2.50. The van der Waals surface area contributed by atoms with Gasteiger partial charge in [0, 0.05) is 0 Å². The fourth-order valence-electron chi connectivity index (χ4n) is 1.42. The zero-order valence-electron chi connectivity index (χ0n) is 9.21. The Hall–Kier alpha value is -1.75. The second kappa shape index (κ2) is 5.05. The lowest BCUT2D eigenvalue weighted by Gasteiger charge is -2.02. The van der Waals surface area contributed by atoms with E-state index in [-0.39, 0.29) is 11.3 Å². The predicted octanol–water partition coefficient (Wildman–Crippen LogP) is 2.45. The van der Waals surface area contributed by atoms with E-state index in [1.54, 1.807) is 0 Å². The molecule has 0 amide bonds. The van der Waals surface area contributed by atoms with Gasteiger partial charge in [0.25, 0.3) is 0 Å². The summed E-state index contributed by atoms with van der Waals surface area (Å²) in [5.41, 5.74) is 0.910. The normalized spacial score (nSPS) is 17.6. The molecule has 1 N–H and O–H groups in total. The van der Waals surface area contributed by atoms with Crippen LogP contribution in [0.25, 0.3) is 0 Å². The van der Waals surface area contributed by atoms with Gasteiger partial charge in [0.1, 0.15) is 16.4 Å². The molecule has 2 rings (SSSR count). The van der Waals surface area contributed by atoms with Gasteiger partial charge < -0.3 is 9.84 Å². The van der Waals surface area contributed by atoms with E-state index in [1.165, 1.54) is 18.9 Å². The molecule has 0 unspecified atom stereocenters. The number of aliphatic hydroxyl groups excluding tert-OH is 1. The van der Waals surface area contributed by atoms with Crippen molar-refractivity contribution in [3.63, 3.8) is 0 Å². The average molecular weight is 249 g/mol. The molecule has 0 saturated heterocycles. The number of nitrogens with zero attached hydrogens (tertiary/aromatic N) is 1. The highest BCUT2D eigenvalue weighted by Gasteiger charge is 2.28. The molecule has 0 bridgehead atoms. The molecule has 1 aromatic carbocycles. The van der Waals surface area contributed by atoms with E-state index in [9.17, 15) is 9.90 Å². The number of aliphatic hydroxyl groups is 1. The van der Waals surface area contributed by atoms with Crippen molar-refractivity contribution in [1.29, 1.82) is 0 Å². The Morgan fingerprint density at radius 3 is 2.76 bits per heavy atom. The molecular weight excluding hydrogens is 238 g/mol. The zero-order valence-corrected chi connectivity index (χ0v) is 10.0. The number of carbonyl (C=O) groups is 1. The minimum Gasteiger partial charge on any atom is -0.510 e. The highest BCUT2D eigenvalue weighted by Crippen LogP contribution is 2.29. The smallest absolute Gasteiger partial charge is 0.344 e. The summed E-state index contributed by atoms with van der Waals surface area (Å²) in [6, 6.07) is 9.27. The summed E-state index contributed by atoms with van der Waals surface area (Å²) in [6.45, 7) is 0. The summed E-state index contributed by atoms with van der Waals surface area (Å²) in [5, 5.41) is 10.1. The van der Waals surface area contributed by atoms with Gasteiger partial charge in [-0.1, -0.05) is 30.0 Å². The number of hydrogen-bond donors (Lipinski definition) is 1. The van der Waals surface area contributed by atoms with Crippen LogP contribution in [0, 0.1) is 0 Å². The van der Waals surface area contributed by atoms with Gasteiger partial charge in [-0.3, -0.25) is 0 Å². The van der Waals surface area contributed by atoms with Crippen molar-refractivity contribution in [3.8, 4) is 0 Å². The van der Waals surface area contributed by atoms with Crippen LogP contribution in [0.1, 0.15) is 0 Å². The molecule has 0 spiro atoms. The number of aliphatic imine (C=N–C) groups is 1. The topological polar surface area (TPSA) is 58.9 Å². The van der Waals surface area contributed by atoms with Gasteiger partial charge in [-0.2, -0.15) is 0 Å². The van der Waals surface area contributed by atoms with E-state index < -0.39 is 5.97 Å². The predicted molar refractivity (Wildman–Crippen MR) is 67.7 cm³/mol. The number of benzene rings is 1. The molecule has 0 aromatic heterocycles. The number of ether oxygens (including phenoxy) is 1. The largest absolute Gasteiger partial charge is 0.510 e. The van der Waals surface area contributed by atoms with Crippen molar-refractivity contribution in [2.75, 3.05) is 12.9 Å². The average Bonchev–Trinajstić information content (AvgIpc) is 2.71. The quantitative estimate of drug-likeness (QED) is 0.818. The van der Waals surface area contributed by atoms with Crippen LogP contribution < -0.4 is 0 Å². The first kappa shape index (κ1) is 11.7. The van der Waals surface area contributed by atoms with Crippen molar-refractivity contribution >= 4 is 28.5 Å². The standard InChI is InChI=1S/C12H11NO3S/c1-16-12(15)10-9(14)7-17-11(10)13-8-5-3-2-4-6-8/h2-6,14H,7H2,1H3. The lowest BCUT2D eigenvalue weighted by Crippen LogP contribution is -2.10. The molecule has 1 aliphatic heterocycles. The molecule has 17 heavy (non-hydrogen) atoms. The van der Waals surface area contributed by atoms with Crippen molar-refractivity contribution in [2.24, 2.45) is 4.99 Å². The number of para-hydroxylation sites is 1. The molecule has 0 radical (unpaired) electrons. The highest BCUT2D eigenvalue weighted by atomic mass is 32.2. The number of rotatable bonds is 2. The monoisotopic (exact) mass is 249 g/mol. The van der Waals surface area contributed by atoms with Gasteiger partial charge in [-0.25, -0.2) is 9.79 Å². The van der Waals surface area contributed by atoms with Gasteiger partial charge in [-0.15, -0.1) is 0 Å². The lowest BCUT2D eigenvalue weighted by atomic mass is 10.2. The maximum absolute atomic E-state index is 11.5. The van der Waals surface area contributed by atoms with E-state index in [0.29, 0.717) is 10.8 Å². The molecule has 1 aromatic rings. The maximum atomic E-state index is 11.5. The van der Waals surface area contributed by atoms with Gasteiger partial charge in [0.15, 0.2) is 0 Å². The van der Waals surface area contributed by atoms with E-state index in [1.807, 2.05) is 30.3 Å². The molecule has 0 atom stereocenters. The minimum absolute atomic E-state index is 0.0246. The Kier molecular flexibility index (Phi) is 3.49. The first-order valence-electron chi connectivity index (χ1n) is 4.99. The van der Waals surface area contributed by atoms with E-state index in [4.69, 9.17) is 0 Å². The summed E-state index contributed by atoms with van der Waals surface area (Å²) in [5.74, 6) is -0.172. The molecule has 4 nitrogen and oxygen atoms in total. The van der Waals surface area contributed by atoms with Crippen molar-refractivity contribution in [3.05, 3.63) is 41.7 Å². The molecular formula is C12H11NO3S. The first-order chi connectivity index (χ1) is 8.22. The second-order valence-electron chi connectivity index (χ2n) is 3.35. The third-order valence-electron chi connectivity index (χ3n) is 2.22. The molecule has 0 saturated carbocycles. The third-order valence-corrected chi connectivity index (χ3v) is 3.21. The second-order valence-corrected chi connectivity index (χ2v) is 4.32. The van der Waals surface area contributed by atoms with E-state index in [0.717, 1.165) is 5.69 Å². The van der Waals surface area contributed by atoms with Gasteiger partial charge in [-0.05, 0) is 12.1 Å². The van der Waals surface area contributed by atoms with Crippen LogP contribution in [0.5, 0.6) is 0 Å². The van der Waals surface area contributed by atoms with Crippen LogP contribution in [-0.2, 0) is 9.53 Å². The minimum atomic E-state index is -0.554.